The van der Waals surface area contributed by atoms with Gasteiger partial charge in [-0.1, -0.05) is 48.5 Å². The molecule has 0 fully saturated rings. The quantitative estimate of drug-likeness (QED) is 0.876. The first-order valence-electron chi connectivity index (χ1n) is 6.18. The Morgan fingerprint density at radius 1 is 0.900 bits per heavy atom. The van der Waals surface area contributed by atoms with Gasteiger partial charge in [0, 0.05) is 0 Å². The molecule has 0 aromatic heterocycles. The number of carbonyl (C=O) groups is 2. The van der Waals surface area contributed by atoms with Crippen LogP contribution in [0.2, 0.25) is 0 Å². The molecule has 0 amide bonds. The largest absolute Gasteiger partial charge is 0.481 e. The number of benzene rings is 2. The summed E-state index contributed by atoms with van der Waals surface area (Å²) in [4.78, 5) is 22.6. The molecule has 0 aliphatic rings. The monoisotopic (exact) mass is 270 g/mol. The summed E-state index contributed by atoms with van der Waals surface area (Å²) in [5, 5.41) is 18.5. The van der Waals surface area contributed by atoms with E-state index < -0.39 is 17.9 Å². The first kappa shape index (κ1) is 13.8. The normalized spacial score (nSPS) is 11.8. The fourth-order valence-electron chi connectivity index (χ4n) is 2.16. The molecule has 20 heavy (non-hydrogen) atoms. The van der Waals surface area contributed by atoms with E-state index in [9.17, 15) is 14.7 Å². The van der Waals surface area contributed by atoms with Gasteiger partial charge >= 0.3 is 11.9 Å². The van der Waals surface area contributed by atoms with Crippen molar-refractivity contribution < 1.29 is 19.8 Å². The van der Waals surface area contributed by atoms with Crippen LogP contribution in [0.25, 0.3) is 0 Å². The lowest BCUT2D eigenvalue weighted by Crippen LogP contribution is -2.16. The second kappa shape index (κ2) is 6.02. The van der Waals surface area contributed by atoms with Crippen molar-refractivity contribution in [3.8, 4) is 0 Å². The lowest BCUT2D eigenvalue weighted by Gasteiger charge is -2.14. The van der Waals surface area contributed by atoms with E-state index in [1.807, 2.05) is 6.07 Å². The number of aromatic carboxylic acids is 1. The molecule has 102 valence electrons. The first-order valence-corrected chi connectivity index (χ1v) is 6.18. The molecular formula is C16H14O4. The van der Waals surface area contributed by atoms with Crippen LogP contribution >= 0.6 is 0 Å². The molecule has 0 heterocycles. The van der Waals surface area contributed by atoms with Gasteiger partial charge in [0.1, 0.15) is 0 Å². The van der Waals surface area contributed by atoms with Gasteiger partial charge in [-0.15, -0.1) is 0 Å². The summed E-state index contributed by atoms with van der Waals surface area (Å²) in [5.41, 5.74) is 1.34. The van der Waals surface area contributed by atoms with Crippen LogP contribution in [-0.4, -0.2) is 22.2 Å². The van der Waals surface area contributed by atoms with Gasteiger partial charge in [0.15, 0.2) is 0 Å². The van der Waals surface area contributed by atoms with E-state index in [1.54, 1.807) is 42.5 Å². The van der Waals surface area contributed by atoms with Crippen molar-refractivity contribution >= 4 is 11.9 Å². The summed E-state index contributed by atoms with van der Waals surface area (Å²) in [6.07, 6.45) is 0.155. The number of carboxylic acid groups (broad SMARTS) is 2. The fraction of sp³-hybridized carbons (Fsp3) is 0.125. The maximum atomic E-state index is 11.4. The molecule has 4 nitrogen and oxygen atoms in total. The highest BCUT2D eigenvalue weighted by Gasteiger charge is 2.22. The molecular weight excluding hydrogens is 256 g/mol. The van der Waals surface area contributed by atoms with Crippen molar-refractivity contribution in [2.45, 2.75) is 12.3 Å². The topological polar surface area (TPSA) is 74.6 Å². The van der Waals surface area contributed by atoms with Crippen LogP contribution in [0, 0.1) is 0 Å². The lowest BCUT2D eigenvalue weighted by atomic mass is 9.90. The Morgan fingerprint density at radius 2 is 1.50 bits per heavy atom. The zero-order chi connectivity index (χ0) is 14.5. The molecule has 2 N–H and O–H groups in total. The predicted octanol–water partition coefficient (Wildman–Crippen LogP) is 2.80. The SMILES string of the molecule is O=C(O)c1ccccc1CC(C(=O)O)c1ccccc1. The third-order valence-corrected chi connectivity index (χ3v) is 3.17. The Morgan fingerprint density at radius 3 is 2.10 bits per heavy atom. The molecule has 2 aromatic carbocycles. The highest BCUT2D eigenvalue weighted by atomic mass is 16.4. The van der Waals surface area contributed by atoms with E-state index in [0.29, 0.717) is 11.1 Å². The maximum Gasteiger partial charge on any atom is 0.335 e. The Bertz CT molecular complexity index is 619. The Hall–Kier alpha value is -2.62. The minimum absolute atomic E-state index is 0.148. The third kappa shape index (κ3) is 3.03. The molecule has 0 aliphatic heterocycles. The van der Waals surface area contributed by atoms with Crippen LogP contribution in [-0.2, 0) is 11.2 Å². The average Bonchev–Trinajstić information content (AvgIpc) is 2.45. The molecule has 2 rings (SSSR count). The molecule has 0 saturated carbocycles. The van der Waals surface area contributed by atoms with E-state index >= 15 is 0 Å². The lowest BCUT2D eigenvalue weighted by molar-refractivity contribution is -0.138. The van der Waals surface area contributed by atoms with Crippen LogP contribution in [0.4, 0.5) is 0 Å². The van der Waals surface area contributed by atoms with Crippen molar-refractivity contribution in [1.82, 2.24) is 0 Å². The highest BCUT2D eigenvalue weighted by Crippen LogP contribution is 2.23. The molecule has 1 unspecified atom stereocenters. The molecule has 0 bridgehead atoms. The fourth-order valence-corrected chi connectivity index (χ4v) is 2.16. The summed E-state index contributed by atoms with van der Waals surface area (Å²) in [6.45, 7) is 0. The smallest absolute Gasteiger partial charge is 0.335 e. The Kier molecular flexibility index (Phi) is 4.15. The predicted molar refractivity (Wildman–Crippen MR) is 73.9 cm³/mol. The summed E-state index contributed by atoms with van der Waals surface area (Å²) in [7, 11) is 0. The number of hydrogen-bond acceptors (Lipinski definition) is 2. The van der Waals surface area contributed by atoms with Crippen molar-refractivity contribution in [2.75, 3.05) is 0 Å². The summed E-state index contributed by atoms with van der Waals surface area (Å²) in [5.74, 6) is -2.76. The third-order valence-electron chi connectivity index (χ3n) is 3.17. The second-order valence-corrected chi connectivity index (χ2v) is 4.47. The van der Waals surface area contributed by atoms with Gasteiger partial charge in [0.25, 0.3) is 0 Å². The van der Waals surface area contributed by atoms with Crippen LogP contribution in [0.3, 0.4) is 0 Å². The molecule has 0 radical (unpaired) electrons. The number of carboxylic acids is 2. The summed E-state index contributed by atoms with van der Waals surface area (Å²) >= 11 is 0. The van der Waals surface area contributed by atoms with Crippen LogP contribution in [0.1, 0.15) is 27.4 Å². The molecule has 0 aliphatic carbocycles. The summed E-state index contributed by atoms with van der Waals surface area (Å²) < 4.78 is 0. The first-order chi connectivity index (χ1) is 9.59. The van der Waals surface area contributed by atoms with Crippen LogP contribution < -0.4 is 0 Å². The zero-order valence-corrected chi connectivity index (χ0v) is 10.7. The average molecular weight is 270 g/mol. The van der Waals surface area contributed by atoms with E-state index in [4.69, 9.17) is 5.11 Å². The van der Waals surface area contributed by atoms with Crippen molar-refractivity contribution in [3.63, 3.8) is 0 Å². The molecule has 2 aromatic rings. The minimum atomic E-state index is -1.04. The Labute approximate surface area is 116 Å². The standard InChI is InChI=1S/C16H14O4/c17-15(18)13-9-5-4-8-12(13)10-14(16(19)20)11-6-2-1-3-7-11/h1-9,14H,10H2,(H,17,18)(H,19,20). The van der Waals surface area contributed by atoms with Gasteiger partial charge in [-0.25, -0.2) is 4.79 Å². The van der Waals surface area contributed by atoms with Gasteiger partial charge in [-0.3, -0.25) is 4.79 Å². The number of aliphatic carboxylic acids is 1. The zero-order valence-electron chi connectivity index (χ0n) is 10.7. The highest BCUT2D eigenvalue weighted by molar-refractivity contribution is 5.89. The van der Waals surface area contributed by atoms with E-state index in [1.165, 1.54) is 6.07 Å². The van der Waals surface area contributed by atoms with Gasteiger partial charge < -0.3 is 10.2 Å². The molecule has 4 heteroatoms. The van der Waals surface area contributed by atoms with Crippen molar-refractivity contribution in [3.05, 3.63) is 71.3 Å². The second-order valence-electron chi connectivity index (χ2n) is 4.47. The van der Waals surface area contributed by atoms with Crippen molar-refractivity contribution in [2.24, 2.45) is 0 Å². The van der Waals surface area contributed by atoms with Crippen molar-refractivity contribution in [1.29, 1.82) is 0 Å². The maximum absolute atomic E-state index is 11.4. The van der Waals surface area contributed by atoms with Gasteiger partial charge in [-0.05, 0) is 23.6 Å². The minimum Gasteiger partial charge on any atom is -0.481 e. The van der Waals surface area contributed by atoms with E-state index in [-0.39, 0.29) is 12.0 Å². The van der Waals surface area contributed by atoms with E-state index in [2.05, 4.69) is 0 Å². The molecule has 1 atom stereocenters. The van der Waals surface area contributed by atoms with Gasteiger partial charge in [0.2, 0.25) is 0 Å². The summed E-state index contributed by atoms with van der Waals surface area (Å²) in [6, 6.07) is 15.3. The van der Waals surface area contributed by atoms with Crippen LogP contribution in [0.5, 0.6) is 0 Å². The number of rotatable bonds is 5. The van der Waals surface area contributed by atoms with Crippen LogP contribution in [0.15, 0.2) is 54.6 Å². The molecule has 0 saturated heterocycles. The van der Waals surface area contributed by atoms with Gasteiger partial charge in [-0.2, -0.15) is 0 Å². The Balaban J connectivity index is 2.35. The van der Waals surface area contributed by atoms with E-state index in [0.717, 1.165) is 0 Å². The number of hydrogen-bond donors (Lipinski definition) is 2. The van der Waals surface area contributed by atoms with Gasteiger partial charge in [0.05, 0.1) is 11.5 Å². The molecule has 0 spiro atoms.